The van der Waals surface area contributed by atoms with Crippen LogP contribution in [0.4, 0.5) is 0 Å². The summed E-state index contributed by atoms with van der Waals surface area (Å²) in [6.45, 7) is 1.90. The van der Waals surface area contributed by atoms with Gasteiger partial charge in [0.15, 0.2) is 0 Å². The van der Waals surface area contributed by atoms with Gasteiger partial charge in [0.05, 0.1) is 18.5 Å². The van der Waals surface area contributed by atoms with E-state index in [0.717, 1.165) is 5.56 Å². The van der Waals surface area contributed by atoms with Crippen LogP contribution in [-0.4, -0.2) is 42.4 Å². The van der Waals surface area contributed by atoms with Crippen LogP contribution in [0.5, 0.6) is 0 Å². The number of hydrogen-bond acceptors (Lipinski definition) is 3. The molecule has 0 spiro atoms. The molecule has 3 aromatic rings. The van der Waals surface area contributed by atoms with E-state index in [2.05, 4.69) is 60.5 Å². The number of nitrogens with two attached hydrogens (primary N) is 1. The second kappa shape index (κ2) is 8.64. The van der Waals surface area contributed by atoms with Crippen LogP contribution < -0.4 is 5.73 Å². The van der Waals surface area contributed by atoms with Crippen LogP contribution in [-0.2, 0) is 4.79 Å². The predicted molar refractivity (Wildman–Crippen MR) is 129 cm³/mol. The number of carbonyl (C=O) groups is 1. The standard InChI is InChI=1S/C28H29N3O/c1-30-26-19-31(28(32)24(16-17-29)22-10-6-3-7-11-22)18-25(26)27(30)23-14-12-21(13-15-23)20-8-4-2-5-9-20/h2-15,24,27H,16-19,29H2,1H3. The number of carbonyl (C=O) groups excluding carboxylic acids is 1. The molecule has 2 unspecified atom stereocenters. The topological polar surface area (TPSA) is 49.6 Å². The zero-order valence-corrected chi connectivity index (χ0v) is 18.4. The number of nitrogens with zero attached hydrogens (tertiary/aromatic N) is 2. The van der Waals surface area contributed by atoms with Crippen molar-refractivity contribution in [3.8, 4) is 11.1 Å². The summed E-state index contributed by atoms with van der Waals surface area (Å²) in [5.41, 5.74) is 13.3. The van der Waals surface area contributed by atoms with Crippen LogP contribution in [0.25, 0.3) is 11.1 Å². The van der Waals surface area contributed by atoms with E-state index >= 15 is 0 Å². The van der Waals surface area contributed by atoms with Gasteiger partial charge >= 0.3 is 0 Å². The van der Waals surface area contributed by atoms with Gasteiger partial charge in [-0.05, 0) is 40.8 Å². The molecule has 0 aromatic heterocycles. The molecule has 162 valence electrons. The Labute approximate surface area is 190 Å². The van der Waals surface area contributed by atoms with E-state index < -0.39 is 0 Å². The molecule has 2 heterocycles. The number of rotatable bonds is 6. The first-order valence-corrected chi connectivity index (χ1v) is 11.3. The van der Waals surface area contributed by atoms with E-state index in [1.165, 1.54) is 28.0 Å². The summed E-state index contributed by atoms with van der Waals surface area (Å²) >= 11 is 0. The molecule has 4 nitrogen and oxygen atoms in total. The Balaban J connectivity index is 1.31. The van der Waals surface area contributed by atoms with Crippen LogP contribution in [0.1, 0.15) is 29.5 Å². The molecule has 0 bridgehead atoms. The maximum atomic E-state index is 13.4. The van der Waals surface area contributed by atoms with Crippen molar-refractivity contribution in [1.82, 2.24) is 9.80 Å². The van der Waals surface area contributed by atoms with Crippen LogP contribution >= 0.6 is 0 Å². The average Bonchev–Trinajstić information content (AvgIpc) is 3.23. The van der Waals surface area contributed by atoms with Crippen LogP contribution in [0.3, 0.4) is 0 Å². The minimum atomic E-state index is -0.172. The van der Waals surface area contributed by atoms with Gasteiger partial charge in [-0.3, -0.25) is 4.79 Å². The second-order valence-corrected chi connectivity index (χ2v) is 8.71. The zero-order valence-electron chi connectivity index (χ0n) is 18.4. The quantitative estimate of drug-likeness (QED) is 0.632. The average molecular weight is 424 g/mol. The van der Waals surface area contributed by atoms with E-state index in [1.54, 1.807) is 0 Å². The first-order chi connectivity index (χ1) is 15.7. The minimum Gasteiger partial charge on any atom is -0.365 e. The predicted octanol–water partition coefficient (Wildman–Crippen LogP) is 4.57. The molecule has 0 fully saturated rings. The van der Waals surface area contributed by atoms with Crippen LogP contribution in [0.2, 0.25) is 0 Å². The largest absolute Gasteiger partial charge is 0.365 e. The number of hydrogen-bond donors (Lipinski definition) is 1. The van der Waals surface area contributed by atoms with E-state index in [1.807, 2.05) is 41.3 Å². The smallest absolute Gasteiger partial charge is 0.230 e. The van der Waals surface area contributed by atoms with Gasteiger partial charge in [0.25, 0.3) is 0 Å². The van der Waals surface area contributed by atoms with Crippen molar-refractivity contribution >= 4 is 5.91 Å². The summed E-state index contributed by atoms with van der Waals surface area (Å²) in [5.74, 6) is 0.0106. The van der Waals surface area contributed by atoms with E-state index in [-0.39, 0.29) is 17.9 Å². The van der Waals surface area contributed by atoms with Gasteiger partial charge in [-0.1, -0.05) is 84.9 Å². The second-order valence-electron chi connectivity index (χ2n) is 8.71. The summed E-state index contributed by atoms with van der Waals surface area (Å²) in [6, 6.07) is 29.6. The normalized spacial score (nSPS) is 18.4. The first kappa shape index (κ1) is 20.5. The van der Waals surface area contributed by atoms with Gasteiger partial charge in [-0.2, -0.15) is 0 Å². The lowest BCUT2D eigenvalue weighted by Crippen LogP contribution is -2.36. The molecule has 32 heavy (non-hydrogen) atoms. The lowest BCUT2D eigenvalue weighted by molar-refractivity contribution is -0.131. The maximum absolute atomic E-state index is 13.4. The van der Waals surface area contributed by atoms with Gasteiger partial charge in [0.2, 0.25) is 5.91 Å². The lowest BCUT2D eigenvalue weighted by Gasteiger charge is -2.41. The molecule has 2 N–H and O–H groups in total. The summed E-state index contributed by atoms with van der Waals surface area (Å²) < 4.78 is 0. The van der Waals surface area contributed by atoms with Gasteiger partial charge in [0, 0.05) is 19.3 Å². The number of benzene rings is 3. The Morgan fingerprint density at radius 2 is 1.53 bits per heavy atom. The van der Waals surface area contributed by atoms with Crippen molar-refractivity contribution in [2.75, 3.05) is 26.7 Å². The number of likely N-dealkylation sites (N-methyl/N-ethyl adjacent to an activating group) is 1. The Hall–Kier alpha value is -3.37. The van der Waals surface area contributed by atoms with Crippen molar-refractivity contribution in [2.24, 2.45) is 5.73 Å². The maximum Gasteiger partial charge on any atom is 0.230 e. The fourth-order valence-electron chi connectivity index (χ4n) is 5.12. The third kappa shape index (κ3) is 3.61. The highest BCUT2D eigenvalue weighted by Gasteiger charge is 2.43. The Morgan fingerprint density at radius 3 is 2.19 bits per heavy atom. The Morgan fingerprint density at radius 1 is 0.906 bits per heavy atom. The van der Waals surface area contributed by atoms with Crippen LogP contribution in [0, 0.1) is 0 Å². The summed E-state index contributed by atoms with van der Waals surface area (Å²) in [5, 5.41) is 0. The molecule has 0 aliphatic carbocycles. The molecule has 5 rings (SSSR count). The SMILES string of the molecule is CN1C2=C(CN(C(=O)C(CCN)c3ccccc3)C2)C1c1ccc(-c2ccccc2)cc1. The molecule has 0 saturated carbocycles. The third-order valence-corrected chi connectivity index (χ3v) is 6.82. The monoisotopic (exact) mass is 423 g/mol. The highest BCUT2D eigenvalue weighted by molar-refractivity contribution is 5.85. The fraction of sp³-hybridized carbons (Fsp3) is 0.250. The van der Waals surface area contributed by atoms with Gasteiger partial charge in [0.1, 0.15) is 0 Å². The number of amides is 1. The van der Waals surface area contributed by atoms with Crippen molar-refractivity contribution < 1.29 is 4.79 Å². The van der Waals surface area contributed by atoms with Crippen molar-refractivity contribution in [1.29, 1.82) is 0 Å². The van der Waals surface area contributed by atoms with Crippen molar-refractivity contribution in [3.63, 3.8) is 0 Å². The van der Waals surface area contributed by atoms with Crippen LogP contribution in [0.15, 0.2) is 96.2 Å². The molecular weight excluding hydrogens is 394 g/mol. The molecule has 2 aliphatic heterocycles. The highest BCUT2D eigenvalue weighted by Crippen LogP contribution is 2.46. The van der Waals surface area contributed by atoms with Gasteiger partial charge in [-0.15, -0.1) is 0 Å². The van der Waals surface area contributed by atoms with E-state index in [9.17, 15) is 4.79 Å². The van der Waals surface area contributed by atoms with Gasteiger partial charge in [-0.25, -0.2) is 0 Å². The summed E-state index contributed by atoms with van der Waals surface area (Å²) in [4.78, 5) is 17.8. The molecule has 3 aromatic carbocycles. The molecule has 1 amide bonds. The van der Waals surface area contributed by atoms with E-state index in [0.29, 0.717) is 26.1 Å². The Bertz CT molecular complexity index is 1120. The summed E-state index contributed by atoms with van der Waals surface area (Å²) in [7, 11) is 2.14. The summed E-state index contributed by atoms with van der Waals surface area (Å²) in [6.07, 6.45) is 0.671. The lowest BCUT2D eigenvalue weighted by atomic mass is 9.89. The third-order valence-electron chi connectivity index (χ3n) is 6.82. The molecule has 2 aliphatic rings. The van der Waals surface area contributed by atoms with Crippen molar-refractivity contribution in [3.05, 3.63) is 107 Å². The van der Waals surface area contributed by atoms with Gasteiger partial charge < -0.3 is 15.5 Å². The molecular formula is C28H29N3O. The molecule has 0 radical (unpaired) electrons. The van der Waals surface area contributed by atoms with Crippen molar-refractivity contribution in [2.45, 2.75) is 18.4 Å². The highest BCUT2D eigenvalue weighted by atomic mass is 16.2. The molecule has 4 heteroatoms. The first-order valence-electron chi connectivity index (χ1n) is 11.3. The molecule has 0 saturated heterocycles. The van der Waals surface area contributed by atoms with E-state index in [4.69, 9.17) is 5.73 Å². The zero-order chi connectivity index (χ0) is 22.1. The fourth-order valence-corrected chi connectivity index (χ4v) is 5.12. The molecule has 2 atom stereocenters. The minimum absolute atomic E-state index is 0.172. The Kier molecular flexibility index (Phi) is 5.54.